The quantitative estimate of drug-likeness (QED) is 0.406. The first-order chi connectivity index (χ1) is 13.8. The number of amides is 1. The Morgan fingerprint density at radius 2 is 1.72 bits per heavy atom. The van der Waals surface area contributed by atoms with Gasteiger partial charge in [-0.05, 0) is 49.7 Å². The predicted molar refractivity (Wildman–Crippen MR) is 120 cm³/mol. The summed E-state index contributed by atoms with van der Waals surface area (Å²) in [6, 6.07) is 11.7. The second-order valence-corrected chi connectivity index (χ2v) is 8.52. The van der Waals surface area contributed by atoms with Crippen molar-refractivity contribution in [2.75, 3.05) is 11.9 Å². The Labute approximate surface area is 187 Å². The van der Waals surface area contributed by atoms with Crippen LogP contribution >= 0.6 is 46.1 Å². The summed E-state index contributed by atoms with van der Waals surface area (Å²) in [5.74, 6) is -0.913. The number of benzene rings is 2. The molecule has 0 atom stereocenters. The van der Waals surface area contributed by atoms with Crippen LogP contribution in [0.2, 0.25) is 15.1 Å². The van der Waals surface area contributed by atoms with Gasteiger partial charge >= 0.3 is 5.97 Å². The first-order valence-electron chi connectivity index (χ1n) is 8.64. The van der Waals surface area contributed by atoms with E-state index in [1.807, 2.05) is 19.1 Å². The van der Waals surface area contributed by atoms with Crippen molar-refractivity contribution >= 4 is 63.0 Å². The highest BCUT2D eigenvalue weighted by Crippen LogP contribution is 2.41. The Morgan fingerprint density at radius 1 is 1.03 bits per heavy atom. The molecule has 0 aliphatic carbocycles. The molecule has 0 unspecified atom stereocenters. The van der Waals surface area contributed by atoms with Crippen LogP contribution in [0.15, 0.2) is 42.5 Å². The monoisotopic (exact) mass is 467 g/mol. The molecule has 0 aliphatic heterocycles. The average Bonchev–Trinajstić information content (AvgIpc) is 3.00. The molecule has 4 nitrogen and oxygen atoms in total. The van der Waals surface area contributed by atoms with Gasteiger partial charge in [0.05, 0.1) is 16.7 Å². The molecular weight excluding hydrogens is 453 g/mol. The molecule has 0 saturated heterocycles. The zero-order valence-electron chi connectivity index (χ0n) is 15.5. The minimum absolute atomic E-state index is 0.216. The summed E-state index contributed by atoms with van der Waals surface area (Å²) in [6.07, 6.45) is 0. The minimum atomic E-state index is -0.508. The van der Waals surface area contributed by atoms with Gasteiger partial charge in [-0.25, -0.2) is 4.79 Å². The van der Waals surface area contributed by atoms with E-state index in [9.17, 15) is 9.59 Å². The van der Waals surface area contributed by atoms with Gasteiger partial charge in [0.15, 0.2) is 0 Å². The molecular formula is C21H16Cl3NO3S. The lowest BCUT2D eigenvalue weighted by molar-refractivity contribution is 0.0529. The molecule has 8 heteroatoms. The molecule has 150 valence electrons. The number of anilines is 1. The Morgan fingerprint density at radius 3 is 2.34 bits per heavy atom. The molecule has 0 bridgehead atoms. The summed E-state index contributed by atoms with van der Waals surface area (Å²) in [4.78, 5) is 26.3. The van der Waals surface area contributed by atoms with Gasteiger partial charge in [0.2, 0.25) is 0 Å². The fourth-order valence-corrected chi connectivity index (χ4v) is 4.29. The van der Waals surface area contributed by atoms with Gasteiger partial charge in [-0.3, -0.25) is 4.79 Å². The number of hydrogen-bond acceptors (Lipinski definition) is 4. The Bertz CT molecular complexity index is 1080. The van der Waals surface area contributed by atoms with Gasteiger partial charge in [0.25, 0.3) is 5.91 Å². The van der Waals surface area contributed by atoms with E-state index < -0.39 is 11.9 Å². The third-order valence-corrected chi connectivity index (χ3v) is 6.12. The normalized spacial score (nSPS) is 10.7. The molecule has 3 aromatic rings. The Balaban J connectivity index is 2.05. The molecule has 1 heterocycles. The van der Waals surface area contributed by atoms with E-state index >= 15 is 0 Å². The van der Waals surface area contributed by atoms with E-state index in [0.717, 1.165) is 10.4 Å². The lowest BCUT2D eigenvalue weighted by Crippen LogP contribution is -2.14. The molecule has 1 N–H and O–H groups in total. The number of nitrogens with one attached hydrogen (secondary N) is 1. The number of thiophene rings is 1. The summed E-state index contributed by atoms with van der Waals surface area (Å²) < 4.78 is 5.24. The van der Waals surface area contributed by atoms with Crippen molar-refractivity contribution in [2.24, 2.45) is 0 Å². The van der Waals surface area contributed by atoms with Crippen LogP contribution < -0.4 is 5.32 Å². The minimum Gasteiger partial charge on any atom is -0.462 e. The fourth-order valence-electron chi connectivity index (χ4n) is 2.81. The van der Waals surface area contributed by atoms with Crippen LogP contribution in [-0.2, 0) is 4.74 Å². The molecule has 0 saturated carbocycles. The molecule has 2 aromatic carbocycles. The van der Waals surface area contributed by atoms with Gasteiger partial charge in [-0.1, -0.05) is 46.9 Å². The number of rotatable bonds is 5. The molecule has 29 heavy (non-hydrogen) atoms. The number of aryl methyl sites for hydroxylation is 1. The maximum Gasteiger partial charge on any atom is 0.341 e. The largest absolute Gasteiger partial charge is 0.462 e. The van der Waals surface area contributed by atoms with E-state index in [0.29, 0.717) is 31.7 Å². The highest BCUT2D eigenvalue weighted by molar-refractivity contribution is 7.17. The van der Waals surface area contributed by atoms with Crippen molar-refractivity contribution in [3.05, 3.63) is 73.5 Å². The van der Waals surface area contributed by atoms with Gasteiger partial charge in [0, 0.05) is 21.0 Å². The highest BCUT2D eigenvalue weighted by atomic mass is 35.5. The smallest absolute Gasteiger partial charge is 0.341 e. The number of esters is 1. The van der Waals surface area contributed by atoms with Gasteiger partial charge in [-0.15, -0.1) is 11.3 Å². The summed E-state index contributed by atoms with van der Waals surface area (Å²) in [5.41, 5.74) is 2.15. The number of ether oxygens (including phenoxy) is 1. The first kappa shape index (κ1) is 21.7. The van der Waals surface area contributed by atoms with E-state index in [-0.39, 0.29) is 11.6 Å². The van der Waals surface area contributed by atoms with E-state index in [4.69, 9.17) is 39.5 Å². The summed E-state index contributed by atoms with van der Waals surface area (Å²) in [5, 5.41) is 4.43. The van der Waals surface area contributed by atoms with Crippen LogP contribution in [-0.4, -0.2) is 18.5 Å². The molecule has 0 aliphatic rings. The molecule has 1 aromatic heterocycles. The van der Waals surface area contributed by atoms with Crippen molar-refractivity contribution in [3.8, 4) is 11.1 Å². The van der Waals surface area contributed by atoms with E-state index in [1.165, 1.54) is 17.4 Å². The van der Waals surface area contributed by atoms with Crippen LogP contribution in [0.5, 0.6) is 0 Å². The number of carbonyl (C=O) groups is 2. The molecule has 0 radical (unpaired) electrons. The lowest BCUT2D eigenvalue weighted by atomic mass is 10.0. The third kappa shape index (κ3) is 4.75. The van der Waals surface area contributed by atoms with Gasteiger partial charge < -0.3 is 10.1 Å². The van der Waals surface area contributed by atoms with E-state index in [1.54, 1.807) is 31.2 Å². The van der Waals surface area contributed by atoms with Crippen LogP contribution in [0.3, 0.4) is 0 Å². The van der Waals surface area contributed by atoms with Crippen LogP contribution in [0.1, 0.15) is 32.5 Å². The maximum absolute atomic E-state index is 12.7. The zero-order valence-corrected chi connectivity index (χ0v) is 18.6. The second-order valence-electron chi connectivity index (χ2n) is 6.05. The van der Waals surface area contributed by atoms with Crippen molar-refractivity contribution in [2.45, 2.75) is 13.8 Å². The van der Waals surface area contributed by atoms with Gasteiger partial charge in [-0.2, -0.15) is 0 Å². The molecule has 0 fully saturated rings. The maximum atomic E-state index is 12.7. The van der Waals surface area contributed by atoms with Crippen LogP contribution in [0.4, 0.5) is 5.00 Å². The Hall–Kier alpha value is -2.05. The molecule has 3 rings (SSSR count). The van der Waals surface area contributed by atoms with Crippen LogP contribution in [0.25, 0.3) is 11.1 Å². The second kappa shape index (κ2) is 9.18. The summed E-state index contributed by atoms with van der Waals surface area (Å²) in [7, 11) is 0. The number of carbonyl (C=O) groups excluding carboxylic acids is 2. The standard InChI is InChI=1S/C21H16Cl3NO3S/c1-3-28-21(27)18-17(12-4-7-14(22)8-5-12)11(2)29-20(18)25-19(26)13-6-9-15(23)16(24)10-13/h4-10H,3H2,1-2H3,(H,25,26). The third-order valence-electron chi connectivity index (χ3n) is 4.11. The molecule has 0 spiro atoms. The zero-order chi connectivity index (χ0) is 21.1. The predicted octanol–water partition coefficient (Wildman–Crippen LogP) is 7.11. The fraction of sp³-hybridized carbons (Fsp3) is 0.143. The SMILES string of the molecule is CCOC(=O)c1c(NC(=O)c2ccc(Cl)c(Cl)c2)sc(C)c1-c1ccc(Cl)cc1. The summed E-state index contributed by atoms with van der Waals surface area (Å²) >= 11 is 19.2. The lowest BCUT2D eigenvalue weighted by Gasteiger charge is -2.10. The first-order valence-corrected chi connectivity index (χ1v) is 10.6. The van der Waals surface area contributed by atoms with E-state index in [2.05, 4.69) is 5.32 Å². The number of hydrogen-bond donors (Lipinski definition) is 1. The molecule has 1 amide bonds. The van der Waals surface area contributed by atoms with Crippen molar-refractivity contribution in [1.82, 2.24) is 0 Å². The van der Waals surface area contributed by atoms with Crippen molar-refractivity contribution < 1.29 is 14.3 Å². The Kier molecular flexibility index (Phi) is 6.85. The van der Waals surface area contributed by atoms with Crippen molar-refractivity contribution in [1.29, 1.82) is 0 Å². The van der Waals surface area contributed by atoms with Crippen molar-refractivity contribution in [3.63, 3.8) is 0 Å². The summed E-state index contributed by atoms with van der Waals surface area (Å²) in [6.45, 7) is 3.83. The highest BCUT2D eigenvalue weighted by Gasteiger charge is 2.26. The van der Waals surface area contributed by atoms with Gasteiger partial charge in [0.1, 0.15) is 10.6 Å². The number of halogens is 3. The topological polar surface area (TPSA) is 55.4 Å². The average molecular weight is 469 g/mol. The van der Waals surface area contributed by atoms with Crippen LogP contribution in [0, 0.1) is 6.92 Å².